The number of hydrogen-bond acceptors (Lipinski definition) is 6. The third kappa shape index (κ3) is 5.91. The van der Waals surface area contributed by atoms with Gasteiger partial charge in [-0.3, -0.25) is 0 Å². The van der Waals surface area contributed by atoms with Crippen LogP contribution in [-0.2, 0) is 4.74 Å². The number of ether oxygens (including phenoxy) is 1. The lowest BCUT2D eigenvalue weighted by Gasteiger charge is -2.16. The van der Waals surface area contributed by atoms with Gasteiger partial charge in [0.05, 0.1) is 6.61 Å². The summed E-state index contributed by atoms with van der Waals surface area (Å²) in [5, 5.41) is 3.17. The minimum absolute atomic E-state index is 0.283. The van der Waals surface area contributed by atoms with Gasteiger partial charge in [0.1, 0.15) is 10.7 Å². The van der Waals surface area contributed by atoms with Gasteiger partial charge in [-0.25, -0.2) is 9.97 Å². The Morgan fingerprint density at radius 2 is 2.21 bits per heavy atom. The first-order valence-corrected chi connectivity index (χ1v) is 6.50. The SMILES string of the molecule is COCCN(C)CCNc1nc(C)cc(C(N)=S)n1. The predicted molar refractivity (Wildman–Crippen MR) is 80.5 cm³/mol. The first kappa shape index (κ1) is 15.7. The van der Waals surface area contributed by atoms with Gasteiger partial charge in [0.15, 0.2) is 0 Å². The fraction of sp³-hybridized carbons (Fsp3) is 0.583. The third-order valence-corrected chi connectivity index (χ3v) is 2.77. The Balaban J connectivity index is 2.47. The summed E-state index contributed by atoms with van der Waals surface area (Å²) in [6.07, 6.45) is 0. The molecule has 1 aromatic heterocycles. The summed E-state index contributed by atoms with van der Waals surface area (Å²) in [6.45, 7) is 5.14. The van der Waals surface area contributed by atoms with Crippen molar-refractivity contribution in [3.8, 4) is 0 Å². The zero-order chi connectivity index (χ0) is 14.3. The molecule has 0 spiro atoms. The van der Waals surface area contributed by atoms with Crippen LogP contribution in [0.2, 0.25) is 0 Å². The van der Waals surface area contributed by atoms with Crippen LogP contribution in [-0.4, -0.2) is 60.3 Å². The zero-order valence-corrected chi connectivity index (χ0v) is 12.5. The summed E-state index contributed by atoms with van der Waals surface area (Å²) < 4.78 is 5.02. The van der Waals surface area contributed by atoms with Gasteiger partial charge >= 0.3 is 0 Å². The molecular formula is C12H21N5OS. The standard InChI is InChI=1S/C12H21N5OS/c1-9-8-10(11(13)19)16-12(15-9)14-4-5-17(2)6-7-18-3/h8H,4-7H2,1-3H3,(H2,13,19)(H,14,15,16). The molecule has 0 saturated carbocycles. The molecule has 0 radical (unpaired) electrons. The average molecular weight is 283 g/mol. The highest BCUT2D eigenvalue weighted by Gasteiger charge is 2.04. The van der Waals surface area contributed by atoms with Crippen molar-refractivity contribution in [1.29, 1.82) is 0 Å². The molecule has 0 atom stereocenters. The highest BCUT2D eigenvalue weighted by Crippen LogP contribution is 2.04. The van der Waals surface area contributed by atoms with Gasteiger partial charge in [0.25, 0.3) is 0 Å². The lowest BCUT2D eigenvalue weighted by molar-refractivity contribution is 0.163. The molecule has 0 unspecified atom stereocenters. The van der Waals surface area contributed by atoms with E-state index in [4.69, 9.17) is 22.7 Å². The van der Waals surface area contributed by atoms with Crippen LogP contribution in [0, 0.1) is 6.92 Å². The number of nitrogens with one attached hydrogen (secondary N) is 1. The van der Waals surface area contributed by atoms with Crippen LogP contribution in [0.4, 0.5) is 5.95 Å². The van der Waals surface area contributed by atoms with Crippen LogP contribution >= 0.6 is 12.2 Å². The molecule has 0 bridgehead atoms. The van der Waals surface area contributed by atoms with Crippen molar-refractivity contribution in [1.82, 2.24) is 14.9 Å². The molecule has 19 heavy (non-hydrogen) atoms. The molecule has 7 heteroatoms. The van der Waals surface area contributed by atoms with Gasteiger partial charge in [-0.1, -0.05) is 12.2 Å². The molecule has 1 heterocycles. The molecule has 0 aromatic carbocycles. The molecule has 0 aliphatic heterocycles. The normalized spacial score (nSPS) is 10.7. The summed E-state index contributed by atoms with van der Waals surface area (Å²) in [6, 6.07) is 1.78. The lowest BCUT2D eigenvalue weighted by atomic mass is 10.3. The van der Waals surface area contributed by atoms with Crippen molar-refractivity contribution in [2.24, 2.45) is 5.73 Å². The lowest BCUT2D eigenvalue weighted by Crippen LogP contribution is -2.28. The van der Waals surface area contributed by atoms with E-state index in [0.29, 0.717) is 11.6 Å². The first-order chi connectivity index (χ1) is 9.02. The van der Waals surface area contributed by atoms with Gasteiger partial charge < -0.3 is 20.7 Å². The van der Waals surface area contributed by atoms with Crippen molar-refractivity contribution in [2.45, 2.75) is 6.92 Å². The van der Waals surface area contributed by atoms with Gasteiger partial charge in [-0.2, -0.15) is 0 Å². The van der Waals surface area contributed by atoms with Crippen LogP contribution in [0.25, 0.3) is 0 Å². The summed E-state index contributed by atoms with van der Waals surface area (Å²) in [5.41, 5.74) is 7.01. The Labute approximate surface area is 119 Å². The van der Waals surface area contributed by atoms with Crippen LogP contribution in [0.1, 0.15) is 11.4 Å². The fourth-order valence-electron chi connectivity index (χ4n) is 1.49. The Bertz CT molecular complexity index is 427. The van der Waals surface area contributed by atoms with E-state index in [2.05, 4.69) is 20.2 Å². The number of hydrogen-bond donors (Lipinski definition) is 2. The summed E-state index contributed by atoms with van der Waals surface area (Å²) >= 11 is 4.92. The van der Waals surface area contributed by atoms with Crippen molar-refractivity contribution >= 4 is 23.2 Å². The first-order valence-electron chi connectivity index (χ1n) is 6.09. The van der Waals surface area contributed by atoms with Gasteiger partial charge in [0, 0.05) is 32.4 Å². The fourth-order valence-corrected chi connectivity index (χ4v) is 1.60. The molecule has 0 saturated heterocycles. The molecule has 0 amide bonds. The van der Waals surface area contributed by atoms with Crippen LogP contribution < -0.4 is 11.1 Å². The number of aryl methyl sites for hydroxylation is 1. The summed E-state index contributed by atoms with van der Waals surface area (Å²) in [4.78, 5) is 11.0. The quantitative estimate of drug-likeness (QED) is 0.669. The number of thiocarbonyl (C=S) groups is 1. The highest BCUT2D eigenvalue weighted by molar-refractivity contribution is 7.80. The largest absolute Gasteiger partial charge is 0.388 e. The van der Waals surface area contributed by atoms with E-state index < -0.39 is 0 Å². The third-order valence-electron chi connectivity index (χ3n) is 2.56. The van der Waals surface area contributed by atoms with Crippen molar-refractivity contribution in [2.75, 3.05) is 45.7 Å². The van der Waals surface area contributed by atoms with Gasteiger partial charge in [0.2, 0.25) is 5.95 Å². The Morgan fingerprint density at radius 3 is 2.84 bits per heavy atom. The maximum Gasteiger partial charge on any atom is 0.223 e. The Morgan fingerprint density at radius 1 is 1.47 bits per heavy atom. The number of likely N-dealkylation sites (N-methyl/N-ethyl adjacent to an activating group) is 1. The maximum atomic E-state index is 5.57. The predicted octanol–water partition coefficient (Wildman–Crippen LogP) is 0.409. The van der Waals surface area contributed by atoms with Crippen molar-refractivity contribution < 1.29 is 4.74 Å². The van der Waals surface area contributed by atoms with Gasteiger partial charge in [-0.05, 0) is 20.0 Å². The zero-order valence-electron chi connectivity index (χ0n) is 11.6. The van der Waals surface area contributed by atoms with E-state index in [1.807, 2.05) is 14.0 Å². The number of methoxy groups -OCH3 is 1. The molecule has 1 aromatic rings. The van der Waals surface area contributed by atoms with E-state index in [0.717, 1.165) is 31.9 Å². The smallest absolute Gasteiger partial charge is 0.223 e. The Kier molecular flexibility index (Phi) is 6.61. The number of rotatable bonds is 8. The molecule has 0 aliphatic rings. The van der Waals surface area contributed by atoms with E-state index in [-0.39, 0.29) is 4.99 Å². The van der Waals surface area contributed by atoms with Crippen LogP contribution in [0.5, 0.6) is 0 Å². The second kappa shape index (κ2) is 7.98. The van der Waals surface area contributed by atoms with E-state index in [1.54, 1.807) is 13.2 Å². The monoisotopic (exact) mass is 283 g/mol. The minimum Gasteiger partial charge on any atom is -0.388 e. The summed E-state index contributed by atoms with van der Waals surface area (Å²) in [5.74, 6) is 0.558. The van der Waals surface area contributed by atoms with Crippen molar-refractivity contribution in [3.05, 3.63) is 17.5 Å². The number of aromatic nitrogens is 2. The van der Waals surface area contributed by atoms with E-state index >= 15 is 0 Å². The van der Waals surface area contributed by atoms with Gasteiger partial charge in [-0.15, -0.1) is 0 Å². The van der Waals surface area contributed by atoms with E-state index in [9.17, 15) is 0 Å². The van der Waals surface area contributed by atoms with Crippen LogP contribution in [0.15, 0.2) is 6.07 Å². The summed E-state index contributed by atoms with van der Waals surface area (Å²) in [7, 11) is 3.74. The Hall–Kier alpha value is -1.31. The molecule has 3 N–H and O–H groups in total. The van der Waals surface area contributed by atoms with Crippen molar-refractivity contribution in [3.63, 3.8) is 0 Å². The van der Waals surface area contributed by atoms with Crippen LogP contribution in [0.3, 0.4) is 0 Å². The molecule has 106 valence electrons. The maximum absolute atomic E-state index is 5.57. The molecule has 0 aliphatic carbocycles. The minimum atomic E-state index is 0.283. The number of nitrogens with zero attached hydrogens (tertiary/aromatic N) is 3. The average Bonchev–Trinajstić information content (AvgIpc) is 2.35. The molecule has 6 nitrogen and oxygen atoms in total. The second-order valence-corrected chi connectivity index (χ2v) is 4.75. The molecular weight excluding hydrogens is 262 g/mol. The number of anilines is 1. The second-order valence-electron chi connectivity index (χ2n) is 4.31. The molecule has 0 fully saturated rings. The highest BCUT2D eigenvalue weighted by atomic mass is 32.1. The topological polar surface area (TPSA) is 76.3 Å². The molecule has 1 rings (SSSR count). The van der Waals surface area contributed by atoms with E-state index in [1.165, 1.54) is 0 Å². The number of nitrogens with two attached hydrogens (primary N) is 1.